The van der Waals surface area contributed by atoms with Crippen LogP contribution in [0, 0.1) is 10.7 Å². The predicted octanol–water partition coefficient (Wildman–Crippen LogP) is 2.09. The molecule has 15 heavy (non-hydrogen) atoms. The highest BCUT2D eigenvalue weighted by molar-refractivity contribution is 7.71. The maximum Gasteiger partial charge on any atom is 0.195 e. The molecule has 0 aliphatic rings. The van der Waals surface area contributed by atoms with E-state index in [9.17, 15) is 0 Å². The summed E-state index contributed by atoms with van der Waals surface area (Å²) in [4.78, 5) is 2.18. The van der Waals surface area contributed by atoms with Gasteiger partial charge in [-0.15, -0.1) is 0 Å². The second kappa shape index (κ2) is 5.42. The summed E-state index contributed by atoms with van der Waals surface area (Å²) in [6, 6.07) is 0.409. The Morgan fingerprint density at radius 2 is 2.20 bits per heavy atom. The van der Waals surface area contributed by atoms with Crippen LogP contribution in [0.3, 0.4) is 0 Å². The minimum atomic E-state index is 0.409. The molecular weight excluding hydrogens is 208 g/mol. The molecule has 0 amide bonds. The summed E-state index contributed by atoms with van der Waals surface area (Å²) in [5, 5.41) is 6.78. The Hall–Kier alpha value is -0.680. The van der Waals surface area contributed by atoms with Gasteiger partial charge < -0.3 is 9.47 Å². The Kier molecular flexibility index (Phi) is 4.47. The fraction of sp³-hybridized carbons (Fsp3) is 0.800. The van der Waals surface area contributed by atoms with Crippen LogP contribution in [0.1, 0.15) is 26.3 Å². The minimum absolute atomic E-state index is 0.409. The van der Waals surface area contributed by atoms with Gasteiger partial charge in [0.25, 0.3) is 0 Å². The Morgan fingerprint density at radius 1 is 1.53 bits per heavy atom. The summed E-state index contributed by atoms with van der Waals surface area (Å²) in [5.74, 6) is 0.659. The average Bonchev–Trinajstić information content (AvgIpc) is 2.48. The quantitative estimate of drug-likeness (QED) is 0.784. The molecule has 1 N–H and O–H groups in total. The molecule has 0 radical (unpaired) electrons. The molecule has 1 atom stereocenters. The van der Waals surface area contributed by atoms with Crippen LogP contribution < -0.4 is 0 Å². The SMILES string of the molecule is CC(C)CC(CN(C)C)n1cn[nH]c1=S. The summed E-state index contributed by atoms with van der Waals surface area (Å²) >= 11 is 5.19. The van der Waals surface area contributed by atoms with Crippen molar-refractivity contribution in [3.8, 4) is 0 Å². The second-order valence-corrected chi connectivity index (χ2v) is 5.00. The average molecular weight is 228 g/mol. The smallest absolute Gasteiger partial charge is 0.195 e. The number of aromatic amines is 1. The minimum Gasteiger partial charge on any atom is -0.307 e. The van der Waals surface area contributed by atoms with Crippen LogP contribution >= 0.6 is 12.2 Å². The van der Waals surface area contributed by atoms with Crippen LogP contribution in [-0.4, -0.2) is 40.3 Å². The van der Waals surface area contributed by atoms with Crippen LogP contribution in [0.15, 0.2) is 6.33 Å². The van der Waals surface area contributed by atoms with Crippen molar-refractivity contribution < 1.29 is 0 Å². The zero-order valence-electron chi connectivity index (χ0n) is 9.90. The van der Waals surface area contributed by atoms with Crippen molar-refractivity contribution in [3.05, 3.63) is 11.1 Å². The number of rotatable bonds is 5. The van der Waals surface area contributed by atoms with E-state index in [2.05, 4.69) is 47.6 Å². The molecule has 1 heterocycles. The van der Waals surface area contributed by atoms with Crippen molar-refractivity contribution in [2.24, 2.45) is 5.92 Å². The molecule has 1 rings (SSSR count). The number of nitrogens with one attached hydrogen (secondary N) is 1. The molecule has 86 valence electrons. The Morgan fingerprint density at radius 3 is 2.60 bits per heavy atom. The number of aromatic nitrogens is 3. The third-order valence-electron chi connectivity index (χ3n) is 2.29. The highest BCUT2D eigenvalue weighted by atomic mass is 32.1. The first-order valence-electron chi connectivity index (χ1n) is 5.27. The zero-order chi connectivity index (χ0) is 11.4. The Balaban J connectivity index is 2.81. The van der Waals surface area contributed by atoms with E-state index in [1.807, 2.05) is 0 Å². The lowest BCUT2D eigenvalue weighted by molar-refractivity contribution is 0.286. The Labute approximate surface area is 96.3 Å². The van der Waals surface area contributed by atoms with E-state index in [0.717, 1.165) is 13.0 Å². The molecular formula is C10H20N4S. The number of likely N-dealkylation sites (N-methyl/N-ethyl adjacent to an activating group) is 1. The van der Waals surface area contributed by atoms with E-state index in [0.29, 0.717) is 16.7 Å². The number of hydrogen-bond donors (Lipinski definition) is 1. The number of hydrogen-bond acceptors (Lipinski definition) is 3. The summed E-state index contributed by atoms with van der Waals surface area (Å²) in [6.45, 7) is 5.45. The zero-order valence-corrected chi connectivity index (χ0v) is 10.7. The van der Waals surface area contributed by atoms with Crippen LogP contribution in [0.25, 0.3) is 0 Å². The third kappa shape index (κ3) is 3.76. The highest BCUT2D eigenvalue weighted by Gasteiger charge is 2.14. The molecule has 0 fully saturated rings. The van der Waals surface area contributed by atoms with E-state index in [4.69, 9.17) is 12.2 Å². The highest BCUT2D eigenvalue weighted by Crippen LogP contribution is 2.18. The van der Waals surface area contributed by atoms with Gasteiger partial charge >= 0.3 is 0 Å². The van der Waals surface area contributed by atoms with Crippen molar-refractivity contribution in [1.29, 1.82) is 0 Å². The largest absolute Gasteiger partial charge is 0.307 e. The first-order valence-corrected chi connectivity index (χ1v) is 5.67. The standard InChI is InChI=1S/C10H20N4S/c1-8(2)5-9(6-13(3)4)14-7-11-12-10(14)15/h7-9H,5-6H2,1-4H3,(H,12,15). The van der Waals surface area contributed by atoms with Crippen LogP contribution in [-0.2, 0) is 0 Å². The summed E-state index contributed by atoms with van der Waals surface area (Å²) in [6.07, 6.45) is 2.91. The first-order chi connectivity index (χ1) is 7.00. The lowest BCUT2D eigenvalue weighted by Gasteiger charge is -2.23. The van der Waals surface area contributed by atoms with Crippen molar-refractivity contribution in [3.63, 3.8) is 0 Å². The molecule has 0 bridgehead atoms. The maximum atomic E-state index is 5.19. The van der Waals surface area contributed by atoms with Crippen molar-refractivity contribution >= 4 is 12.2 Å². The summed E-state index contributed by atoms with van der Waals surface area (Å²) in [7, 11) is 4.16. The predicted molar refractivity (Wildman–Crippen MR) is 64.5 cm³/mol. The number of H-pyrrole nitrogens is 1. The van der Waals surface area contributed by atoms with Crippen molar-refractivity contribution in [2.45, 2.75) is 26.3 Å². The number of nitrogens with zero attached hydrogens (tertiary/aromatic N) is 3. The summed E-state index contributed by atoms with van der Waals surface area (Å²) in [5.41, 5.74) is 0. The van der Waals surface area contributed by atoms with E-state index >= 15 is 0 Å². The molecule has 0 aliphatic heterocycles. The maximum absolute atomic E-state index is 5.19. The fourth-order valence-corrected chi connectivity index (χ4v) is 2.01. The van der Waals surface area contributed by atoms with Gasteiger partial charge in [-0.1, -0.05) is 13.8 Å². The van der Waals surface area contributed by atoms with E-state index in [1.54, 1.807) is 6.33 Å². The van der Waals surface area contributed by atoms with Gasteiger partial charge in [0.1, 0.15) is 6.33 Å². The van der Waals surface area contributed by atoms with E-state index in [1.165, 1.54) is 0 Å². The van der Waals surface area contributed by atoms with E-state index in [-0.39, 0.29) is 0 Å². The van der Waals surface area contributed by atoms with E-state index < -0.39 is 0 Å². The third-order valence-corrected chi connectivity index (χ3v) is 2.59. The van der Waals surface area contributed by atoms with Gasteiger partial charge in [0, 0.05) is 6.54 Å². The van der Waals surface area contributed by atoms with Gasteiger partial charge in [0.05, 0.1) is 6.04 Å². The first kappa shape index (κ1) is 12.4. The van der Waals surface area contributed by atoms with Gasteiger partial charge in [0.2, 0.25) is 0 Å². The van der Waals surface area contributed by atoms with Gasteiger partial charge in [-0.2, -0.15) is 5.10 Å². The molecule has 1 unspecified atom stereocenters. The molecule has 0 spiro atoms. The molecule has 1 aromatic heterocycles. The fourth-order valence-electron chi connectivity index (χ4n) is 1.76. The van der Waals surface area contributed by atoms with Crippen molar-refractivity contribution in [1.82, 2.24) is 19.7 Å². The van der Waals surface area contributed by atoms with Crippen LogP contribution in [0.2, 0.25) is 0 Å². The van der Waals surface area contributed by atoms with Crippen LogP contribution in [0.4, 0.5) is 0 Å². The normalized spacial score (nSPS) is 13.7. The van der Waals surface area contributed by atoms with Gasteiger partial charge in [-0.3, -0.25) is 5.10 Å². The topological polar surface area (TPSA) is 36.9 Å². The van der Waals surface area contributed by atoms with Crippen LogP contribution in [0.5, 0.6) is 0 Å². The molecule has 0 aromatic carbocycles. The molecule has 1 aromatic rings. The molecule has 4 nitrogen and oxygen atoms in total. The molecule has 5 heteroatoms. The van der Waals surface area contributed by atoms with Gasteiger partial charge in [-0.25, -0.2) is 0 Å². The molecule has 0 saturated carbocycles. The molecule has 0 aliphatic carbocycles. The van der Waals surface area contributed by atoms with Crippen molar-refractivity contribution in [2.75, 3.05) is 20.6 Å². The van der Waals surface area contributed by atoms with Gasteiger partial charge in [-0.05, 0) is 38.7 Å². The van der Waals surface area contributed by atoms with Gasteiger partial charge in [0.15, 0.2) is 4.77 Å². The molecule has 0 saturated heterocycles. The lowest BCUT2D eigenvalue weighted by Crippen LogP contribution is -2.25. The monoisotopic (exact) mass is 228 g/mol. The summed E-state index contributed by atoms with van der Waals surface area (Å²) < 4.78 is 2.76. The second-order valence-electron chi connectivity index (χ2n) is 4.61. The lowest BCUT2D eigenvalue weighted by atomic mass is 10.0. The Bertz CT molecular complexity index is 329.